The molecule has 0 aliphatic heterocycles. The number of nitrogens with one attached hydrogen (secondary N) is 1. The van der Waals surface area contributed by atoms with Gasteiger partial charge in [0.15, 0.2) is 0 Å². The van der Waals surface area contributed by atoms with Gasteiger partial charge < -0.3 is 15.8 Å². The quantitative estimate of drug-likeness (QED) is 0.571. The van der Waals surface area contributed by atoms with Gasteiger partial charge in [-0.05, 0) is 42.5 Å². The number of hydrogen-bond acceptors (Lipinski definition) is 4. The summed E-state index contributed by atoms with van der Waals surface area (Å²) in [6, 6.07) is 16.7. The molecule has 1 atom stereocenters. The van der Waals surface area contributed by atoms with Crippen LogP contribution in [-0.4, -0.2) is 25.0 Å². The van der Waals surface area contributed by atoms with Gasteiger partial charge in [0.05, 0.1) is 12.5 Å². The number of carbonyl (C=O) groups is 2. The zero-order chi connectivity index (χ0) is 20.0. The number of nitrogen functional groups attached to an aromatic ring is 1. The van der Waals surface area contributed by atoms with E-state index in [-0.39, 0.29) is 5.91 Å². The SMILES string of the molecule is COC(=O)[C@H](Cc1ccc(N)cc1)NC(=O)C1(Cc2ccccc2)CCCC1. The van der Waals surface area contributed by atoms with Crippen molar-refractivity contribution in [3.8, 4) is 0 Å². The van der Waals surface area contributed by atoms with Crippen molar-refractivity contribution in [2.24, 2.45) is 5.41 Å². The van der Waals surface area contributed by atoms with Gasteiger partial charge in [-0.3, -0.25) is 4.79 Å². The molecule has 148 valence electrons. The molecule has 0 radical (unpaired) electrons. The maximum atomic E-state index is 13.3. The Bertz CT molecular complexity index is 796. The van der Waals surface area contributed by atoms with E-state index in [2.05, 4.69) is 17.4 Å². The molecular formula is C23H28N2O3. The number of rotatable bonds is 7. The molecule has 3 rings (SSSR count). The molecule has 28 heavy (non-hydrogen) atoms. The standard InChI is InChI=1S/C23H28N2O3/c1-28-21(26)20(15-17-9-11-19(24)12-10-17)25-22(27)23(13-5-6-14-23)16-18-7-3-2-4-8-18/h2-4,7-12,20H,5-6,13-16,24H2,1H3,(H,25,27)/t20-/m0/s1. The van der Waals surface area contributed by atoms with Gasteiger partial charge in [0, 0.05) is 12.1 Å². The van der Waals surface area contributed by atoms with Gasteiger partial charge >= 0.3 is 5.97 Å². The van der Waals surface area contributed by atoms with Crippen LogP contribution in [-0.2, 0) is 27.2 Å². The number of benzene rings is 2. The van der Waals surface area contributed by atoms with Crippen molar-refractivity contribution in [1.29, 1.82) is 0 Å². The first kappa shape index (κ1) is 19.9. The molecule has 1 aliphatic rings. The second-order valence-corrected chi connectivity index (χ2v) is 7.64. The number of carbonyl (C=O) groups excluding carboxylic acids is 2. The largest absolute Gasteiger partial charge is 0.467 e. The molecule has 0 aromatic heterocycles. The summed E-state index contributed by atoms with van der Waals surface area (Å²) in [4.78, 5) is 25.6. The van der Waals surface area contributed by atoms with Crippen molar-refractivity contribution in [2.75, 3.05) is 12.8 Å². The van der Waals surface area contributed by atoms with E-state index >= 15 is 0 Å². The first-order valence-electron chi connectivity index (χ1n) is 9.79. The van der Waals surface area contributed by atoms with E-state index in [1.807, 2.05) is 30.3 Å². The Morgan fingerprint density at radius 1 is 1.04 bits per heavy atom. The van der Waals surface area contributed by atoms with Crippen LogP contribution in [0, 0.1) is 5.41 Å². The Kier molecular flexibility index (Phi) is 6.34. The van der Waals surface area contributed by atoms with Gasteiger partial charge in [-0.25, -0.2) is 4.79 Å². The molecule has 1 fully saturated rings. The number of hydrogen-bond donors (Lipinski definition) is 2. The normalized spacial score (nSPS) is 16.3. The molecule has 1 amide bonds. The van der Waals surface area contributed by atoms with E-state index in [4.69, 9.17) is 10.5 Å². The summed E-state index contributed by atoms with van der Waals surface area (Å²) in [5, 5.41) is 2.99. The lowest BCUT2D eigenvalue weighted by molar-refractivity contribution is -0.146. The third-order valence-electron chi connectivity index (χ3n) is 5.64. The summed E-state index contributed by atoms with van der Waals surface area (Å²) in [6.45, 7) is 0. The predicted molar refractivity (Wildman–Crippen MR) is 110 cm³/mol. The minimum atomic E-state index is -0.714. The van der Waals surface area contributed by atoms with Crippen molar-refractivity contribution in [1.82, 2.24) is 5.32 Å². The van der Waals surface area contributed by atoms with Gasteiger partial charge in [0.25, 0.3) is 0 Å². The van der Waals surface area contributed by atoms with Gasteiger partial charge in [-0.1, -0.05) is 55.3 Å². The van der Waals surface area contributed by atoms with Crippen LogP contribution >= 0.6 is 0 Å². The monoisotopic (exact) mass is 380 g/mol. The zero-order valence-corrected chi connectivity index (χ0v) is 16.3. The van der Waals surface area contributed by atoms with Crippen molar-refractivity contribution < 1.29 is 14.3 Å². The summed E-state index contributed by atoms with van der Waals surface area (Å²) in [5.74, 6) is -0.488. The van der Waals surface area contributed by atoms with Crippen LogP contribution < -0.4 is 11.1 Å². The molecule has 2 aromatic carbocycles. The molecule has 0 heterocycles. The fraction of sp³-hybridized carbons (Fsp3) is 0.391. The maximum Gasteiger partial charge on any atom is 0.328 e. The smallest absolute Gasteiger partial charge is 0.328 e. The Hall–Kier alpha value is -2.82. The molecule has 1 saturated carbocycles. The number of amides is 1. The molecule has 5 heteroatoms. The molecule has 0 saturated heterocycles. The van der Waals surface area contributed by atoms with Gasteiger partial charge in [0.1, 0.15) is 6.04 Å². The fourth-order valence-electron chi connectivity index (χ4n) is 4.06. The minimum absolute atomic E-state index is 0.0558. The van der Waals surface area contributed by atoms with Crippen LogP contribution in [0.5, 0.6) is 0 Å². The molecule has 1 aliphatic carbocycles. The van der Waals surface area contributed by atoms with E-state index in [0.717, 1.165) is 36.8 Å². The van der Waals surface area contributed by atoms with Crippen LogP contribution in [0.2, 0.25) is 0 Å². The third kappa shape index (κ3) is 4.71. The molecular weight excluding hydrogens is 352 g/mol. The highest BCUT2D eigenvalue weighted by molar-refractivity contribution is 5.88. The maximum absolute atomic E-state index is 13.3. The number of esters is 1. The Morgan fingerprint density at radius 2 is 1.68 bits per heavy atom. The van der Waals surface area contributed by atoms with E-state index in [9.17, 15) is 9.59 Å². The molecule has 3 N–H and O–H groups in total. The predicted octanol–water partition coefficient (Wildman–Crippen LogP) is 3.27. The highest BCUT2D eigenvalue weighted by Gasteiger charge is 2.42. The van der Waals surface area contributed by atoms with E-state index in [1.165, 1.54) is 7.11 Å². The zero-order valence-electron chi connectivity index (χ0n) is 16.3. The number of ether oxygens (including phenoxy) is 1. The minimum Gasteiger partial charge on any atom is -0.467 e. The number of anilines is 1. The highest BCUT2D eigenvalue weighted by atomic mass is 16.5. The summed E-state index contributed by atoms with van der Waals surface area (Å²) in [5.41, 5.74) is 8.01. The first-order valence-corrected chi connectivity index (χ1v) is 9.79. The van der Waals surface area contributed by atoms with E-state index < -0.39 is 17.4 Å². The van der Waals surface area contributed by atoms with Gasteiger partial charge in [-0.15, -0.1) is 0 Å². The average Bonchev–Trinajstić information content (AvgIpc) is 3.19. The highest BCUT2D eigenvalue weighted by Crippen LogP contribution is 2.41. The Balaban J connectivity index is 1.76. The average molecular weight is 380 g/mol. The van der Waals surface area contributed by atoms with Crippen molar-refractivity contribution in [3.05, 3.63) is 65.7 Å². The summed E-state index contributed by atoms with van der Waals surface area (Å²) in [7, 11) is 1.35. The summed E-state index contributed by atoms with van der Waals surface area (Å²) in [6.07, 6.45) is 4.80. The molecule has 2 aromatic rings. The van der Waals surface area contributed by atoms with E-state index in [1.54, 1.807) is 12.1 Å². The second-order valence-electron chi connectivity index (χ2n) is 7.64. The second kappa shape index (κ2) is 8.91. The lowest BCUT2D eigenvalue weighted by Gasteiger charge is -2.30. The van der Waals surface area contributed by atoms with Crippen molar-refractivity contribution in [3.63, 3.8) is 0 Å². The van der Waals surface area contributed by atoms with E-state index in [0.29, 0.717) is 18.5 Å². The van der Waals surface area contributed by atoms with Crippen molar-refractivity contribution in [2.45, 2.75) is 44.6 Å². The lowest BCUT2D eigenvalue weighted by Crippen LogP contribution is -2.49. The topological polar surface area (TPSA) is 81.4 Å². The Morgan fingerprint density at radius 3 is 2.29 bits per heavy atom. The number of methoxy groups -OCH3 is 1. The molecule has 0 spiro atoms. The first-order chi connectivity index (χ1) is 13.5. The number of nitrogens with two attached hydrogens (primary N) is 1. The van der Waals surface area contributed by atoms with Gasteiger partial charge in [0.2, 0.25) is 5.91 Å². The molecule has 0 unspecified atom stereocenters. The van der Waals surface area contributed by atoms with Crippen LogP contribution in [0.15, 0.2) is 54.6 Å². The molecule has 0 bridgehead atoms. The third-order valence-corrected chi connectivity index (χ3v) is 5.64. The molecule has 5 nitrogen and oxygen atoms in total. The summed E-state index contributed by atoms with van der Waals surface area (Å²) < 4.78 is 4.94. The summed E-state index contributed by atoms with van der Waals surface area (Å²) >= 11 is 0. The Labute approximate surface area is 166 Å². The van der Waals surface area contributed by atoms with Crippen molar-refractivity contribution >= 4 is 17.6 Å². The van der Waals surface area contributed by atoms with Crippen LogP contribution in [0.4, 0.5) is 5.69 Å². The van der Waals surface area contributed by atoms with Gasteiger partial charge in [-0.2, -0.15) is 0 Å². The van der Waals surface area contributed by atoms with Crippen LogP contribution in [0.25, 0.3) is 0 Å². The fourth-order valence-corrected chi connectivity index (χ4v) is 4.06. The van der Waals surface area contributed by atoms with Crippen LogP contribution in [0.1, 0.15) is 36.8 Å². The van der Waals surface area contributed by atoms with Crippen LogP contribution in [0.3, 0.4) is 0 Å². The lowest BCUT2D eigenvalue weighted by atomic mass is 9.79.